The summed E-state index contributed by atoms with van der Waals surface area (Å²) in [6, 6.07) is 4.72. The van der Waals surface area contributed by atoms with Crippen LogP contribution in [0, 0.1) is 5.92 Å². The third-order valence-corrected chi connectivity index (χ3v) is 10.9. The topological polar surface area (TPSA) is 105 Å². The van der Waals surface area contributed by atoms with Gasteiger partial charge in [-0.25, -0.2) is 9.59 Å². The molecule has 3 aliphatic rings. The molecule has 10 heteroatoms. The van der Waals surface area contributed by atoms with Crippen LogP contribution in [0.3, 0.4) is 0 Å². The fraction of sp³-hybridized carbons (Fsp3) is 0.552. The number of piperidine rings is 1. The van der Waals surface area contributed by atoms with E-state index in [1.54, 1.807) is 40.2 Å². The van der Waals surface area contributed by atoms with Gasteiger partial charge >= 0.3 is 11.7 Å². The van der Waals surface area contributed by atoms with Gasteiger partial charge in [-0.1, -0.05) is 18.2 Å². The number of benzene rings is 1. The van der Waals surface area contributed by atoms with E-state index in [4.69, 9.17) is 0 Å². The van der Waals surface area contributed by atoms with Gasteiger partial charge in [-0.3, -0.25) is 22.9 Å². The van der Waals surface area contributed by atoms with E-state index in [0.717, 1.165) is 43.4 Å². The third-order valence-electron chi connectivity index (χ3n) is 8.03. The SMILES string of the molecule is CC(C)n1c(=O)n(CC2CC2)c(=O)c2cc(NC(=O)N3CCCC(NS(C)(C)(=O)C4=CC=CCC4)C3)ccc21. The fourth-order valence-electron chi connectivity index (χ4n) is 5.78. The van der Waals surface area contributed by atoms with Gasteiger partial charge in [0.2, 0.25) is 0 Å². The number of urea groups is 1. The molecule has 2 N–H and O–H groups in total. The van der Waals surface area contributed by atoms with Gasteiger partial charge in [0.1, 0.15) is 0 Å². The van der Waals surface area contributed by atoms with Gasteiger partial charge in [0.05, 0.1) is 10.9 Å². The highest BCUT2D eigenvalue weighted by Gasteiger charge is 2.35. The first kappa shape index (κ1) is 27.6. The molecule has 1 saturated carbocycles. The van der Waals surface area contributed by atoms with Crippen molar-refractivity contribution >= 4 is 31.9 Å². The molecule has 1 saturated heterocycles. The van der Waals surface area contributed by atoms with Gasteiger partial charge in [0.15, 0.2) is 0 Å². The van der Waals surface area contributed by atoms with Crippen LogP contribution in [0.5, 0.6) is 0 Å². The molecule has 5 rings (SSSR count). The molecule has 39 heavy (non-hydrogen) atoms. The van der Waals surface area contributed by atoms with Crippen molar-refractivity contribution in [2.24, 2.45) is 5.92 Å². The van der Waals surface area contributed by atoms with Crippen molar-refractivity contribution in [3.05, 3.63) is 62.2 Å². The number of anilines is 1. The van der Waals surface area contributed by atoms with Crippen molar-refractivity contribution in [1.29, 1.82) is 0 Å². The number of amides is 2. The molecule has 1 aromatic carbocycles. The Balaban J connectivity index is 1.35. The highest BCUT2D eigenvalue weighted by molar-refractivity contribution is 8.20. The summed E-state index contributed by atoms with van der Waals surface area (Å²) in [7, 11) is -3.21. The summed E-state index contributed by atoms with van der Waals surface area (Å²) in [6.45, 7) is 5.34. The molecule has 2 aliphatic carbocycles. The second kappa shape index (κ2) is 10.2. The third kappa shape index (κ3) is 5.82. The lowest BCUT2D eigenvalue weighted by atomic mass is 10.1. The van der Waals surface area contributed by atoms with Gasteiger partial charge in [-0.15, -0.1) is 0 Å². The largest absolute Gasteiger partial charge is 0.331 e. The lowest BCUT2D eigenvalue weighted by Gasteiger charge is -2.44. The quantitative estimate of drug-likeness (QED) is 0.539. The van der Waals surface area contributed by atoms with Crippen molar-refractivity contribution in [1.82, 2.24) is 18.8 Å². The Morgan fingerprint density at radius 1 is 1.15 bits per heavy atom. The molecule has 2 aromatic rings. The number of carbonyl (C=O) groups is 1. The van der Waals surface area contributed by atoms with Crippen LogP contribution in [0.15, 0.2) is 50.9 Å². The molecular formula is C29H41N5O4S. The Bertz CT molecular complexity index is 1540. The van der Waals surface area contributed by atoms with Crippen LogP contribution < -0.4 is 21.3 Å². The summed E-state index contributed by atoms with van der Waals surface area (Å²) in [6.07, 6.45) is 15.0. The van der Waals surface area contributed by atoms with Gasteiger partial charge < -0.3 is 10.2 Å². The van der Waals surface area contributed by atoms with Crippen LogP contribution in [0.1, 0.15) is 58.4 Å². The molecule has 1 atom stereocenters. The van der Waals surface area contributed by atoms with E-state index in [9.17, 15) is 18.6 Å². The Morgan fingerprint density at radius 2 is 1.92 bits per heavy atom. The van der Waals surface area contributed by atoms with Crippen LogP contribution in [-0.4, -0.2) is 55.9 Å². The summed E-state index contributed by atoms with van der Waals surface area (Å²) in [5.74, 6) is 0.378. The second-order valence-electron chi connectivity index (χ2n) is 12.1. The lowest BCUT2D eigenvalue weighted by molar-refractivity contribution is 0.190. The van der Waals surface area contributed by atoms with Crippen LogP contribution >= 0.6 is 0 Å². The van der Waals surface area contributed by atoms with E-state index < -0.39 is 9.25 Å². The molecular weight excluding hydrogens is 514 g/mol. The molecule has 0 spiro atoms. The summed E-state index contributed by atoms with van der Waals surface area (Å²) < 4.78 is 20.4. The van der Waals surface area contributed by atoms with Crippen LogP contribution in [0.25, 0.3) is 10.9 Å². The normalized spacial score (nSPS) is 21.1. The number of fused-ring (bicyclic) bond motifs is 1. The highest BCUT2D eigenvalue weighted by atomic mass is 32.3. The van der Waals surface area contributed by atoms with E-state index in [-0.39, 0.29) is 29.4 Å². The van der Waals surface area contributed by atoms with Crippen molar-refractivity contribution in [2.45, 2.75) is 71.0 Å². The van der Waals surface area contributed by atoms with Crippen LogP contribution in [0.2, 0.25) is 0 Å². The summed E-state index contributed by atoms with van der Waals surface area (Å²) in [5, 5.41) is 3.38. The average Bonchev–Trinajstić information content (AvgIpc) is 3.71. The molecule has 1 aliphatic heterocycles. The second-order valence-corrected chi connectivity index (χ2v) is 16.5. The Morgan fingerprint density at radius 3 is 2.59 bits per heavy atom. The number of nitrogens with one attached hydrogen (secondary N) is 2. The van der Waals surface area contributed by atoms with Gasteiger partial charge in [-0.05, 0) is 85.7 Å². The van der Waals surface area contributed by atoms with E-state index in [0.29, 0.717) is 42.1 Å². The predicted molar refractivity (Wildman–Crippen MR) is 159 cm³/mol. The molecule has 2 amide bonds. The smallest absolute Gasteiger partial charge is 0.323 e. The molecule has 2 heterocycles. The molecule has 9 nitrogen and oxygen atoms in total. The van der Waals surface area contributed by atoms with Gasteiger partial charge in [0.25, 0.3) is 5.56 Å². The minimum absolute atomic E-state index is 0.0856. The van der Waals surface area contributed by atoms with E-state index in [1.807, 2.05) is 26.0 Å². The van der Waals surface area contributed by atoms with Crippen molar-refractivity contribution in [2.75, 3.05) is 30.9 Å². The molecule has 2 fully saturated rings. The van der Waals surface area contributed by atoms with E-state index >= 15 is 0 Å². The first-order chi connectivity index (χ1) is 18.4. The Kier molecular flexibility index (Phi) is 7.22. The van der Waals surface area contributed by atoms with Crippen molar-refractivity contribution in [3.63, 3.8) is 0 Å². The average molecular weight is 556 g/mol. The first-order valence-corrected chi connectivity index (χ1v) is 16.8. The van der Waals surface area contributed by atoms with E-state index in [1.165, 1.54) is 4.57 Å². The Hall–Kier alpha value is -2.98. The number of hydrogen-bond acceptors (Lipinski definition) is 4. The number of nitrogens with zero attached hydrogens (tertiary/aromatic N) is 3. The van der Waals surface area contributed by atoms with Crippen LogP contribution in [-0.2, 0) is 15.8 Å². The highest BCUT2D eigenvalue weighted by Crippen LogP contribution is 2.33. The Labute approximate surface area is 229 Å². The number of hydrogen-bond donors (Lipinski definition) is 2. The molecule has 212 valence electrons. The number of aromatic nitrogens is 2. The number of rotatable bonds is 7. The maximum absolute atomic E-state index is 13.9. The van der Waals surface area contributed by atoms with Crippen LogP contribution in [0.4, 0.5) is 10.5 Å². The zero-order valence-electron chi connectivity index (χ0n) is 23.4. The lowest BCUT2D eigenvalue weighted by Crippen LogP contribution is -2.57. The fourth-order valence-corrected chi connectivity index (χ4v) is 8.27. The first-order valence-electron chi connectivity index (χ1n) is 14.0. The van der Waals surface area contributed by atoms with Crippen molar-refractivity contribution < 1.29 is 9.00 Å². The number of allylic oxidation sites excluding steroid dienone is 4. The minimum Gasteiger partial charge on any atom is -0.323 e. The zero-order chi connectivity index (χ0) is 28.0. The standard InChI is InChI=1S/C29H41N5O4S/c1-20(2)34-26-15-14-22(17-25(26)27(35)33(29(34)37)18-21-12-13-21)30-28(36)32-16-8-9-23(19-32)31-39(3,4,38)24-10-6-5-7-11-24/h5-6,10,14-15,17,20-21,23H,7-9,11-13,16,18-19H2,1-4H3,(H,30,36)(H,31,38). The molecule has 1 unspecified atom stereocenters. The minimum atomic E-state index is -3.21. The summed E-state index contributed by atoms with van der Waals surface area (Å²) >= 11 is 0. The predicted octanol–water partition coefficient (Wildman–Crippen LogP) is 3.97. The zero-order valence-corrected chi connectivity index (χ0v) is 24.3. The summed E-state index contributed by atoms with van der Waals surface area (Å²) in [5.41, 5.74) is 0.500. The molecule has 0 radical (unpaired) electrons. The maximum atomic E-state index is 13.9. The summed E-state index contributed by atoms with van der Waals surface area (Å²) in [4.78, 5) is 42.5. The number of likely N-dealkylation sites (tertiary alicyclic amines) is 1. The van der Waals surface area contributed by atoms with E-state index in [2.05, 4.69) is 16.1 Å². The monoisotopic (exact) mass is 555 g/mol. The molecule has 1 aromatic heterocycles. The molecule has 0 bridgehead atoms. The van der Waals surface area contributed by atoms with Gasteiger partial charge in [0, 0.05) is 54.8 Å². The van der Waals surface area contributed by atoms with Gasteiger partial charge in [-0.2, -0.15) is 0 Å². The number of carbonyl (C=O) groups excluding carboxylic acids is 1. The van der Waals surface area contributed by atoms with Crippen molar-refractivity contribution in [3.8, 4) is 0 Å². The maximum Gasteiger partial charge on any atom is 0.331 e.